The molecular weight excluding hydrogens is 356 g/mol. The molecule has 0 aromatic heterocycles. The molecule has 2 aromatic rings. The Bertz CT molecular complexity index is 828. The number of nitrogens with zero attached hydrogens (tertiary/aromatic N) is 2. The lowest BCUT2D eigenvalue weighted by Gasteiger charge is -2.33. The summed E-state index contributed by atoms with van der Waals surface area (Å²) in [5.74, 6) is 0.390. The number of non-ortho nitro benzene ring substituents is 1. The second-order valence-corrected chi connectivity index (χ2v) is 7.48. The monoisotopic (exact) mass is 383 g/mol. The molecule has 1 saturated heterocycles. The number of benzene rings is 2. The van der Waals surface area contributed by atoms with Crippen molar-refractivity contribution in [2.45, 2.75) is 19.8 Å². The highest BCUT2D eigenvalue weighted by molar-refractivity contribution is 5.92. The zero-order valence-electron chi connectivity index (χ0n) is 16.4. The Kier molecular flexibility index (Phi) is 6.26. The van der Waals surface area contributed by atoms with Crippen LogP contribution >= 0.6 is 0 Å². The first-order chi connectivity index (χ1) is 13.4. The van der Waals surface area contributed by atoms with Gasteiger partial charge in [0.2, 0.25) is 0 Å². The van der Waals surface area contributed by atoms with Gasteiger partial charge in [0.1, 0.15) is 0 Å². The Balaban J connectivity index is 1.51. The summed E-state index contributed by atoms with van der Waals surface area (Å²) in [7, 11) is 0. The molecule has 2 aromatic carbocycles. The molecule has 1 heterocycles. The quantitative estimate of drug-likeness (QED) is 0.591. The third kappa shape index (κ3) is 4.86. The summed E-state index contributed by atoms with van der Waals surface area (Å²) in [4.78, 5) is 26.3. The van der Waals surface area contributed by atoms with Crippen molar-refractivity contribution in [3.8, 4) is 0 Å². The summed E-state index contributed by atoms with van der Waals surface area (Å²) >= 11 is 0. The fraction of sp³-hybridized carbons (Fsp3) is 0.381. The summed E-state index contributed by atoms with van der Waals surface area (Å²) in [5, 5.41) is 13.8. The molecule has 1 amide bonds. The highest BCUT2D eigenvalue weighted by atomic mass is 16.6. The lowest BCUT2D eigenvalue weighted by Crippen LogP contribution is -3.15. The Morgan fingerprint density at radius 1 is 1.14 bits per heavy atom. The van der Waals surface area contributed by atoms with E-state index in [1.165, 1.54) is 17.0 Å². The van der Waals surface area contributed by atoms with Crippen molar-refractivity contribution in [2.75, 3.05) is 42.9 Å². The van der Waals surface area contributed by atoms with Crippen molar-refractivity contribution >= 4 is 23.0 Å². The molecule has 0 saturated carbocycles. The summed E-state index contributed by atoms with van der Waals surface area (Å²) in [6.45, 7) is 8.04. The number of nitrogens with one attached hydrogen (secondary N) is 2. The van der Waals surface area contributed by atoms with Gasteiger partial charge in [-0.1, -0.05) is 32.0 Å². The van der Waals surface area contributed by atoms with Gasteiger partial charge < -0.3 is 15.1 Å². The van der Waals surface area contributed by atoms with Crippen LogP contribution in [-0.4, -0.2) is 43.6 Å². The highest BCUT2D eigenvalue weighted by Gasteiger charge is 2.23. The minimum atomic E-state index is -0.387. The molecule has 0 unspecified atom stereocenters. The lowest BCUT2D eigenvalue weighted by molar-refractivity contribution is -0.892. The van der Waals surface area contributed by atoms with Crippen LogP contribution in [0.2, 0.25) is 0 Å². The molecule has 0 spiro atoms. The minimum Gasteiger partial charge on any atom is -0.360 e. The third-order valence-electron chi connectivity index (χ3n) is 5.16. The van der Waals surface area contributed by atoms with Crippen molar-refractivity contribution in [3.63, 3.8) is 0 Å². The van der Waals surface area contributed by atoms with E-state index in [4.69, 9.17) is 0 Å². The second-order valence-electron chi connectivity index (χ2n) is 7.48. The first kappa shape index (κ1) is 19.8. The number of nitro groups is 1. The molecule has 1 aliphatic heterocycles. The fourth-order valence-corrected chi connectivity index (χ4v) is 3.58. The number of nitro benzene ring substituents is 1. The van der Waals surface area contributed by atoms with Gasteiger partial charge in [0.25, 0.3) is 11.6 Å². The highest BCUT2D eigenvalue weighted by Crippen LogP contribution is 2.23. The second kappa shape index (κ2) is 8.84. The topological polar surface area (TPSA) is 79.9 Å². The van der Waals surface area contributed by atoms with Crippen LogP contribution in [-0.2, 0) is 4.79 Å². The van der Waals surface area contributed by atoms with E-state index in [0.717, 1.165) is 43.1 Å². The smallest absolute Gasteiger partial charge is 0.279 e. The SMILES string of the molecule is CC(C)c1ccccc1NC(=O)C[NH+]1CCN(c2ccc([N+](=O)[O-])cc2)CC1. The van der Waals surface area contributed by atoms with E-state index in [-0.39, 0.29) is 16.5 Å². The Morgan fingerprint density at radius 2 is 1.79 bits per heavy atom. The van der Waals surface area contributed by atoms with Crippen LogP contribution in [0.25, 0.3) is 0 Å². The number of amides is 1. The molecule has 1 fully saturated rings. The number of piperazine rings is 1. The predicted molar refractivity (Wildman–Crippen MR) is 110 cm³/mol. The summed E-state index contributed by atoms with van der Waals surface area (Å²) in [5.41, 5.74) is 3.13. The summed E-state index contributed by atoms with van der Waals surface area (Å²) < 4.78 is 0. The Morgan fingerprint density at radius 3 is 2.39 bits per heavy atom. The molecule has 148 valence electrons. The normalized spacial score (nSPS) is 14.9. The molecule has 0 bridgehead atoms. The molecule has 3 rings (SSSR count). The number of quaternary nitrogens is 1. The van der Waals surface area contributed by atoms with Crippen molar-refractivity contribution in [1.29, 1.82) is 0 Å². The number of rotatable bonds is 6. The fourth-order valence-electron chi connectivity index (χ4n) is 3.58. The summed E-state index contributed by atoms with van der Waals surface area (Å²) in [6.07, 6.45) is 0. The molecule has 0 aliphatic carbocycles. The largest absolute Gasteiger partial charge is 0.360 e. The van der Waals surface area contributed by atoms with Crippen LogP contribution in [0.4, 0.5) is 17.1 Å². The predicted octanol–water partition coefficient (Wildman–Crippen LogP) is 2.06. The van der Waals surface area contributed by atoms with Gasteiger partial charge in [0, 0.05) is 23.5 Å². The van der Waals surface area contributed by atoms with E-state index in [1.807, 2.05) is 18.2 Å². The van der Waals surface area contributed by atoms with Crippen LogP contribution in [0.5, 0.6) is 0 Å². The first-order valence-electron chi connectivity index (χ1n) is 9.66. The van der Waals surface area contributed by atoms with Crippen LogP contribution in [0.1, 0.15) is 25.3 Å². The molecule has 2 N–H and O–H groups in total. The van der Waals surface area contributed by atoms with Crippen molar-refractivity contribution in [3.05, 3.63) is 64.2 Å². The van der Waals surface area contributed by atoms with E-state index in [1.54, 1.807) is 12.1 Å². The Hall–Kier alpha value is -2.93. The average molecular weight is 383 g/mol. The molecule has 28 heavy (non-hydrogen) atoms. The number of hydrogen-bond donors (Lipinski definition) is 2. The van der Waals surface area contributed by atoms with E-state index >= 15 is 0 Å². The maximum atomic E-state index is 12.5. The number of carbonyl (C=O) groups is 1. The van der Waals surface area contributed by atoms with E-state index in [2.05, 4.69) is 30.1 Å². The summed E-state index contributed by atoms with van der Waals surface area (Å²) in [6, 6.07) is 14.6. The standard InChI is InChI=1S/C21H26N4O3/c1-16(2)19-5-3-4-6-20(19)22-21(26)15-23-11-13-24(14-12-23)17-7-9-18(10-8-17)25(27)28/h3-10,16H,11-15H2,1-2H3,(H,22,26)/p+1. The van der Waals surface area contributed by atoms with Crippen LogP contribution in [0, 0.1) is 10.1 Å². The lowest BCUT2D eigenvalue weighted by atomic mass is 10.0. The van der Waals surface area contributed by atoms with Gasteiger partial charge in [0.15, 0.2) is 6.54 Å². The van der Waals surface area contributed by atoms with Gasteiger partial charge in [-0.2, -0.15) is 0 Å². The third-order valence-corrected chi connectivity index (χ3v) is 5.16. The van der Waals surface area contributed by atoms with E-state index < -0.39 is 0 Å². The molecule has 0 atom stereocenters. The van der Waals surface area contributed by atoms with Gasteiger partial charge in [-0.05, 0) is 29.7 Å². The number of para-hydroxylation sites is 1. The number of carbonyl (C=O) groups excluding carboxylic acids is 1. The van der Waals surface area contributed by atoms with E-state index in [9.17, 15) is 14.9 Å². The zero-order valence-corrected chi connectivity index (χ0v) is 16.4. The number of anilines is 2. The molecule has 1 aliphatic rings. The minimum absolute atomic E-state index is 0.0342. The van der Waals surface area contributed by atoms with Gasteiger partial charge in [0.05, 0.1) is 31.1 Å². The molecule has 7 heteroatoms. The van der Waals surface area contributed by atoms with Crippen LogP contribution in [0.15, 0.2) is 48.5 Å². The molecule has 7 nitrogen and oxygen atoms in total. The van der Waals surface area contributed by atoms with Crippen molar-refractivity contribution < 1.29 is 14.6 Å². The van der Waals surface area contributed by atoms with Crippen LogP contribution < -0.4 is 15.1 Å². The van der Waals surface area contributed by atoms with Crippen molar-refractivity contribution in [1.82, 2.24) is 0 Å². The van der Waals surface area contributed by atoms with Crippen molar-refractivity contribution in [2.24, 2.45) is 0 Å². The van der Waals surface area contributed by atoms with Gasteiger partial charge in [-0.15, -0.1) is 0 Å². The van der Waals surface area contributed by atoms with Gasteiger partial charge >= 0.3 is 0 Å². The van der Waals surface area contributed by atoms with Gasteiger partial charge in [-0.3, -0.25) is 14.9 Å². The first-order valence-corrected chi connectivity index (χ1v) is 9.66. The van der Waals surface area contributed by atoms with E-state index in [0.29, 0.717) is 12.5 Å². The number of hydrogen-bond acceptors (Lipinski definition) is 4. The average Bonchev–Trinajstić information content (AvgIpc) is 2.69. The molecular formula is C21H27N4O3+. The maximum Gasteiger partial charge on any atom is 0.279 e. The van der Waals surface area contributed by atoms with Crippen LogP contribution in [0.3, 0.4) is 0 Å². The Labute approximate surface area is 165 Å². The van der Waals surface area contributed by atoms with Gasteiger partial charge in [-0.25, -0.2) is 0 Å². The maximum absolute atomic E-state index is 12.5. The zero-order chi connectivity index (χ0) is 20.1. The molecule has 0 radical (unpaired) electrons.